The molecule has 0 aliphatic rings. The van der Waals surface area contributed by atoms with Crippen LogP contribution in [0.1, 0.15) is 39.7 Å². The van der Waals surface area contributed by atoms with E-state index in [0.717, 1.165) is 18.7 Å². The number of nitrogens with one attached hydrogen (secondary N) is 1. The van der Waals surface area contributed by atoms with Crippen molar-refractivity contribution < 1.29 is 4.74 Å². The Hall–Kier alpha value is -1.02. The molecular formula is C16H27NO. The zero-order chi connectivity index (χ0) is 13.6. The number of hydrogen-bond donors (Lipinski definition) is 1. The molecule has 1 rings (SSSR count). The van der Waals surface area contributed by atoms with E-state index >= 15 is 0 Å². The average molecular weight is 249 g/mol. The molecule has 0 aliphatic heterocycles. The van der Waals surface area contributed by atoms with Crippen molar-refractivity contribution in [1.82, 2.24) is 5.32 Å². The molecule has 0 bridgehead atoms. The van der Waals surface area contributed by atoms with Gasteiger partial charge in [0.05, 0.1) is 7.11 Å². The first kappa shape index (κ1) is 15.0. The lowest BCUT2D eigenvalue weighted by Gasteiger charge is -2.26. The molecule has 0 radical (unpaired) electrons. The minimum absolute atomic E-state index is 0.353. The SMILES string of the molecule is CCNC(Cc1cccc(OC)c1)CC(C)(C)C. The maximum absolute atomic E-state index is 5.28. The second-order valence-electron chi connectivity index (χ2n) is 6.08. The number of benzene rings is 1. The normalized spacial score (nSPS) is 13.4. The minimum atomic E-state index is 0.353. The molecule has 0 heterocycles. The first-order valence-electron chi connectivity index (χ1n) is 6.81. The van der Waals surface area contributed by atoms with E-state index in [9.17, 15) is 0 Å². The summed E-state index contributed by atoms with van der Waals surface area (Å²) in [5.41, 5.74) is 1.69. The smallest absolute Gasteiger partial charge is 0.119 e. The van der Waals surface area contributed by atoms with Gasteiger partial charge in [-0.2, -0.15) is 0 Å². The fourth-order valence-corrected chi connectivity index (χ4v) is 2.33. The van der Waals surface area contributed by atoms with Crippen molar-refractivity contribution in [3.8, 4) is 5.75 Å². The number of ether oxygens (including phenoxy) is 1. The summed E-state index contributed by atoms with van der Waals surface area (Å²) in [6, 6.07) is 8.90. The predicted molar refractivity (Wildman–Crippen MR) is 78.2 cm³/mol. The molecule has 1 N–H and O–H groups in total. The van der Waals surface area contributed by atoms with Gasteiger partial charge >= 0.3 is 0 Å². The van der Waals surface area contributed by atoms with Crippen LogP contribution in [0.3, 0.4) is 0 Å². The second kappa shape index (κ2) is 6.79. The number of likely N-dealkylation sites (N-methyl/N-ethyl adjacent to an activating group) is 1. The molecule has 0 spiro atoms. The van der Waals surface area contributed by atoms with Gasteiger partial charge in [0.1, 0.15) is 5.75 Å². The predicted octanol–water partition coefficient (Wildman–Crippen LogP) is 3.65. The molecule has 0 aromatic heterocycles. The van der Waals surface area contributed by atoms with Gasteiger partial charge in [-0.05, 0) is 42.5 Å². The number of rotatable bonds is 6. The van der Waals surface area contributed by atoms with Gasteiger partial charge in [0, 0.05) is 6.04 Å². The van der Waals surface area contributed by atoms with Gasteiger partial charge in [-0.15, -0.1) is 0 Å². The molecule has 0 aliphatic carbocycles. The first-order valence-corrected chi connectivity index (χ1v) is 6.81. The minimum Gasteiger partial charge on any atom is -0.497 e. The Morgan fingerprint density at radius 1 is 1.28 bits per heavy atom. The number of hydrogen-bond acceptors (Lipinski definition) is 2. The number of methoxy groups -OCH3 is 1. The van der Waals surface area contributed by atoms with Crippen LogP contribution >= 0.6 is 0 Å². The highest BCUT2D eigenvalue weighted by molar-refractivity contribution is 5.29. The maximum Gasteiger partial charge on any atom is 0.119 e. The standard InChI is InChI=1S/C16H27NO/c1-6-17-14(12-16(2,3)4)10-13-8-7-9-15(11-13)18-5/h7-9,11,14,17H,6,10,12H2,1-5H3. The van der Waals surface area contributed by atoms with Crippen LogP contribution in [0.25, 0.3) is 0 Å². The molecule has 1 atom stereocenters. The average Bonchev–Trinajstić information content (AvgIpc) is 2.27. The van der Waals surface area contributed by atoms with E-state index in [4.69, 9.17) is 4.74 Å². The van der Waals surface area contributed by atoms with E-state index in [1.54, 1.807) is 7.11 Å². The van der Waals surface area contributed by atoms with Crippen LogP contribution in [-0.4, -0.2) is 19.7 Å². The molecule has 0 saturated carbocycles. The van der Waals surface area contributed by atoms with Gasteiger partial charge in [0.15, 0.2) is 0 Å². The van der Waals surface area contributed by atoms with Crippen molar-refractivity contribution >= 4 is 0 Å². The lowest BCUT2D eigenvalue weighted by Crippen LogP contribution is -2.34. The van der Waals surface area contributed by atoms with Crippen LogP contribution in [0.4, 0.5) is 0 Å². The van der Waals surface area contributed by atoms with Crippen molar-refractivity contribution in [3.63, 3.8) is 0 Å². The zero-order valence-corrected chi connectivity index (χ0v) is 12.4. The van der Waals surface area contributed by atoms with E-state index in [-0.39, 0.29) is 0 Å². The zero-order valence-electron chi connectivity index (χ0n) is 12.4. The molecule has 2 nitrogen and oxygen atoms in total. The molecule has 2 heteroatoms. The Balaban J connectivity index is 2.69. The van der Waals surface area contributed by atoms with Gasteiger partial charge in [0.25, 0.3) is 0 Å². The summed E-state index contributed by atoms with van der Waals surface area (Å²) in [6.07, 6.45) is 2.24. The van der Waals surface area contributed by atoms with Crippen LogP contribution in [-0.2, 0) is 6.42 Å². The van der Waals surface area contributed by atoms with E-state index in [0.29, 0.717) is 11.5 Å². The van der Waals surface area contributed by atoms with Gasteiger partial charge < -0.3 is 10.1 Å². The van der Waals surface area contributed by atoms with Crippen molar-refractivity contribution in [2.45, 2.75) is 46.6 Å². The Bertz CT molecular complexity index is 354. The monoisotopic (exact) mass is 249 g/mol. The summed E-state index contributed by atoms with van der Waals surface area (Å²) in [5, 5.41) is 3.58. The third-order valence-corrected chi connectivity index (χ3v) is 2.97. The summed E-state index contributed by atoms with van der Waals surface area (Å²) in [5.74, 6) is 0.943. The van der Waals surface area contributed by atoms with E-state index in [1.807, 2.05) is 6.07 Å². The van der Waals surface area contributed by atoms with Crippen molar-refractivity contribution in [1.29, 1.82) is 0 Å². The third kappa shape index (κ3) is 5.54. The van der Waals surface area contributed by atoms with Crippen LogP contribution < -0.4 is 10.1 Å². The summed E-state index contributed by atoms with van der Waals surface area (Å²) in [6.45, 7) is 10.1. The summed E-state index contributed by atoms with van der Waals surface area (Å²) in [7, 11) is 1.72. The lowest BCUT2D eigenvalue weighted by atomic mass is 9.86. The highest BCUT2D eigenvalue weighted by atomic mass is 16.5. The molecule has 0 saturated heterocycles. The fourth-order valence-electron chi connectivity index (χ4n) is 2.33. The summed E-state index contributed by atoms with van der Waals surface area (Å²) >= 11 is 0. The molecule has 1 unspecified atom stereocenters. The van der Waals surface area contributed by atoms with Crippen molar-refractivity contribution in [2.75, 3.05) is 13.7 Å². The summed E-state index contributed by atoms with van der Waals surface area (Å²) < 4.78 is 5.28. The van der Waals surface area contributed by atoms with Crippen LogP contribution in [0.5, 0.6) is 5.75 Å². The quantitative estimate of drug-likeness (QED) is 0.831. The lowest BCUT2D eigenvalue weighted by molar-refractivity contribution is 0.309. The van der Waals surface area contributed by atoms with Crippen LogP contribution in [0, 0.1) is 5.41 Å². The molecule has 1 aromatic carbocycles. The Kier molecular flexibility index (Phi) is 5.67. The van der Waals surface area contributed by atoms with Crippen LogP contribution in [0.2, 0.25) is 0 Å². The fraction of sp³-hybridized carbons (Fsp3) is 0.625. The van der Waals surface area contributed by atoms with Crippen molar-refractivity contribution in [3.05, 3.63) is 29.8 Å². The van der Waals surface area contributed by atoms with Gasteiger partial charge in [-0.3, -0.25) is 0 Å². The van der Waals surface area contributed by atoms with E-state index in [2.05, 4.69) is 51.2 Å². The largest absolute Gasteiger partial charge is 0.497 e. The molecule has 1 aromatic rings. The maximum atomic E-state index is 5.28. The topological polar surface area (TPSA) is 21.3 Å². The van der Waals surface area contributed by atoms with Gasteiger partial charge in [-0.1, -0.05) is 39.8 Å². The van der Waals surface area contributed by atoms with E-state index in [1.165, 1.54) is 12.0 Å². The van der Waals surface area contributed by atoms with E-state index < -0.39 is 0 Å². The molecule has 0 amide bonds. The molecule has 102 valence electrons. The van der Waals surface area contributed by atoms with Gasteiger partial charge in [0.2, 0.25) is 0 Å². The molecule has 0 fully saturated rings. The molecular weight excluding hydrogens is 222 g/mol. The third-order valence-electron chi connectivity index (χ3n) is 2.97. The highest BCUT2D eigenvalue weighted by Gasteiger charge is 2.18. The Morgan fingerprint density at radius 3 is 2.56 bits per heavy atom. The Morgan fingerprint density at radius 2 is 2.00 bits per heavy atom. The first-order chi connectivity index (χ1) is 8.44. The second-order valence-corrected chi connectivity index (χ2v) is 6.08. The van der Waals surface area contributed by atoms with Crippen molar-refractivity contribution in [2.24, 2.45) is 5.41 Å². The summed E-state index contributed by atoms with van der Waals surface area (Å²) in [4.78, 5) is 0. The highest BCUT2D eigenvalue weighted by Crippen LogP contribution is 2.23. The molecule has 18 heavy (non-hydrogen) atoms. The van der Waals surface area contributed by atoms with Gasteiger partial charge in [-0.25, -0.2) is 0 Å². The Labute approximate surface area is 112 Å². The van der Waals surface area contributed by atoms with Crippen LogP contribution in [0.15, 0.2) is 24.3 Å².